The summed E-state index contributed by atoms with van der Waals surface area (Å²) in [7, 11) is 2.04. The second kappa shape index (κ2) is 5.96. The second-order valence-corrected chi connectivity index (χ2v) is 3.72. The lowest BCUT2D eigenvalue weighted by molar-refractivity contribution is 1.14. The number of allylic oxidation sites excluding steroid dienone is 4. The quantitative estimate of drug-likeness (QED) is 0.681. The molecule has 16 heavy (non-hydrogen) atoms. The zero-order valence-corrected chi connectivity index (χ0v) is 10.3. The van der Waals surface area contributed by atoms with Gasteiger partial charge in [-0.25, -0.2) is 0 Å². The highest BCUT2D eigenvalue weighted by Crippen LogP contribution is 2.18. The minimum atomic E-state index is 1.09. The SMILES string of the molecule is C=C/C(=C\C=C/C)N(C)c1ccc(C)cc1. The summed E-state index contributed by atoms with van der Waals surface area (Å²) < 4.78 is 0. The standard InChI is InChI=1S/C15H19N/c1-5-7-8-14(6-2)16(4)15-11-9-13(3)10-12-15/h5-12H,2H2,1,3-4H3/b7-5-,14-8+. The maximum absolute atomic E-state index is 3.83. The van der Waals surface area contributed by atoms with Crippen molar-refractivity contribution in [3.8, 4) is 0 Å². The van der Waals surface area contributed by atoms with Gasteiger partial charge in [0.05, 0.1) is 0 Å². The summed E-state index contributed by atoms with van der Waals surface area (Å²) in [6, 6.07) is 8.45. The molecule has 0 amide bonds. The predicted molar refractivity (Wildman–Crippen MR) is 72.7 cm³/mol. The number of hydrogen-bond donors (Lipinski definition) is 0. The van der Waals surface area contributed by atoms with Crippen LogP contribution in [0.2, 0.25) is 0 Å². The first-order chi connectivity index (χ1) is 7.69. The van der Waals surface area contributed by atoms with E-state index in [1.165, 1.54) is 11.3 Å². The normalized spacial score (nSPS) is 11.8. The van der Waals surface area contributed by atoms with Crippen molar-refractivity contribution in [3.63, 3.8) is 0 Å². The van der Waals surface area contributed by atoms with E-state index in [4.69, 9.17) is 0 Å². The van der Waals surface area contributed by atoms with Crippen LogP contribution in [0, 0.1) is 6.92 Å². The van der Waals surface area contributed by atoms with Crippen molar-refractivity contribution in [2.45, 2.75) is 13.8 Å². The molecule has 0 fully saturated rings. The fraction of sp³-hybridized carbons (Fsp3) is 0.200. The zero-order valence-electron chi connectivity index (χ0n) is 10.3. The van der Waals surface area contributed by atoms with E-state index in [1.807, 2.05) is 38.3 Å². The van der Waals surface area contributed by atoms with Crippen LogP contribution in [0.25, 0.3) is 0 Å². The molecule has 0 spiro atoms. The predicted octanol–water partition coefficient (Wildman–Crippen LogP) is 4.08. The summed E-state index contributed by atoms with van der Waals surface area (Å²) in [5.41, 5.74) is 3.53. The minimum Gasteiger partial charge on any atom is -0.345 e. The van der Waals surface area contributed by atoms with Crippen molar-refractivity contribution in [2.75, 3.05) is 11.9 Å². The zero-order chi connectivity index (χ0) is 12.0. The molecule has 1 nitrogen and oxygen atoms in total. The first-order valence-electron chi connectivity index (χ1n) is 5.45. The third kappa shape index (κ3) is 3.13. The Morgan fingerprint density at radius 2 is 1.88 bits per heavy atom. The van der Waals surface area contributed by atoms with Crippen molar-refractivity contribution in [1.29, 1.82) is 0 Å². The van der Waals surface area contributed by atoms with Crippen molar-refractivity contribution in [3.05, 3.63) is 66.4 Å². The van der Waals surface area contributed by atoms with E-state index >= 15 is 0 Å². The average molecular weight is 213 g/mol. The Kier molecular flexibility index (Phi) is 4.59. The molecular formula is C15H19N. The number of likely N-dealkylation sites (N-methyl/N-ethyl adjacent to an activating group) is 1. The Hall–Kier alpha value is -1.76. The van der Waals surface area contributed by atoms with E-state index in [0.29, 0.717) is 0 Å². The molecule has 0 radical (unpaired) electrons. The number of nitrogens with zero attached hydrogens (tertiary/aromatic N) is 1. The van der Waals surface area contributed by atoms with Crippen LogP contribution in [0.4, 0.5) is 5.69 Å². The molecular weight excluding hydrogens is 194 g/mol. The third-order valence-corrected chi connectivity index (χ3v) is 2.48. The summed E-state index contributed by atoms with van der Waals surface area (Å²) in [5, 5.41) is 0. The molecule has 0 aliphatic heterocycles. The molecule has 0 heterocycles. The van der Waals surface area contributed by atoms with Crippen molar-refractivity contribution < 1.29 is 0 Å². The van der Waals surface area contributed by atoms with Gasteiger partial charge in [-0.15, -0.1) is 0 Å². The van der Waals surface area contributed by atoms with E-state index < -0.39 is 0 Å². The van der Waals surface area contributed by atoms with Crippen LogP contribution in [-0.2, 0) is 0 Å². The Balaban J connectivity index is 2.95. The van der Waals surface area contributed by atoms with E-state index in [0.717, 1.165) is 5.70 Å². The van der Waals surface area contributed by atoms with Crippen LogP contribution in [0.15, 0.2) is 60.8 Å². The number of hydrogen-bond acceptors (Lipinski definition) is 1. The molecule has 0 saturated carbocycles. The van der Waals surface area contributed by atoms with Crippen LogP contribution < -0.4 is 4.90 Å². The van der Waals surface area contributed by atoms with Gasteiger partial charge in [-0.1, -0.05) is 36.4 Å². The number of rotatable bonds is 4. The van der Waals surface area contributed by atoms with Gasteiger partial charge in [0.15, 0.2) is 0 Å². The van der Waals surface area contributed by atoms with Crippen LogP contribution in [0.3, 0.4) is 0 Å². The molecule has 0 unspecified atom stereocenters. The molecule has 0 aromatic heterocycles. The largest absolute Gasteiger partial charge is 0.345 e. The van der Waals surface area contributed by atoms with E-state index in [1.54, 1.807) is 0 Å². The molecule has 0 saturated heterocycles. The number of anilines is 1. The average Bonchev–Trinajstić information content (AvgIpc) is 2.30. The summed E-state index contributed by atoms with van der Waals surface area (Å²) >= 11 is 0. The van der Waals surface area contributed by atoms with Crippen LogP contribution in [0.1, 0.15) is 12.5 Å². The maximum atomic E-state index is 3.83. The van der Waals surface area contributed by atoms with Gasteiger partial charge in [0.25, 0.3) is 0 Å². The lowest BCUT2D eigenvalue weighted by Crippen LogP contribution is -2.14. The molecule has 1 aromatic carbocycles. The van der Waals surface area contributed by atoms with E-state index in [2.05, 4.69) is 42.7 Å². The number of aryl methyl sites for hydroxylation is 1. The van der Waals surface area contributed by atoms with Crippen molar-refractivity contribution >= 4 is 5.69 Å². The fourth-order valence-electron chi connectivity index (χ4n) is 1.43. The van der Waals surface area contributed by atoms with Crippen LogP contribution in [0.5, 0.6) is 0 Å². The molecule has 1 aromatic rings. The highest BCUT2D eigenvalue weighted by molar-refractivity contribution is 5.54. The monoisotopic (exact) mass is 213 g/mol. The highest BCUT2D eigenvalue weighted by atomic mass is 15.1. The van der Waals surface area contributed by atoms with E-state index in [9.17, 15) is 0 Å². The Morgan fingerprint density at radius 1 is 1.25 bits per heavy atom. The lowest BCUT2D eigenvalue weighted by atomic mass is 10.2. The summed E-state index contributed by atoms with van der Waals surface area (Å²) in [5.74, 6) is 0. The van der Waals surface area contributed by atoms with Crippen LogP contribution >= 0.6 is 0 Å². The van der Waals surface area contributed by atoms with Gasteiger partial charge in [-0.3, -0.25) is 0 Å². The molecule has 0 bridgehead atoms. The first-order valence-corrected chi connectivity index (χ1v) is 5.45. The smallest absolute Gasteiger partial charge is 0.0408 e. The molecule has 0 aliphatic rings. The van der Waals surface area contributed by atoms with Crippen LogP contribution in [-0.4, -0.2) is 7.05 Å². The van der Waals surface area contributed by atoms with Gasteiger partial charge in [0.1, 0.15) is 0 Å². The van der Waals surface area contributed by atoms with E-state index in [-0.39, 0.29) is 0 Å². The Morgan fingerprint density at radius 3 is 2.38 bits per heavy atom. The summed E-state index contributed by atoms with van der Waals surface area (Å²) in [6.45, 7) is 7.93. The van der Waals surface area contributed by atoms with Crippen molar-refractivity contribution in [1.82, 2.24) is 0 Å². The molecule has 0 N–H and O–H groups in total. The van der Waals surface area contributed by atoms with Gasteiger partial charge < -0.3 is 4.90 Å². The summed E-state index contributed by atoms with van der Waals surface area (Å²) in [4.78, 5) is 2.12. The molecule has 0 atom stereocenters. The van der Waals surface area contributed by atoms with Gasteiger partial charge in [0, 0.05) is 18.4 Å². The first kappa shape index (κ1) is 12.3. The van der Waals surface area contributed by atoms with Gasteiger partial charge in [0.2, 0.25) is 0 Å². The minimum absolute atomic E-state index is 1.09. The number of benzene rings is 1. The van der Waals surface area contributed by atoms with Gasteiger partial charge in [-0.2, -0.15) is 0 Å². The van der Waals surface area contributed by atoms with Gasteiger partial charge >= 0.3 is 0 Å². The second-order valence-electron chi connectivity index (χ2n) is 3.72. The van der Waals surface area contributed by atoms with Crippen molar-refractivity contribution in [2.24, 2.45) is 0 Å². The fourth-order valence-corrected chi connectivity index (χ4v) is 1.43. The third-order valence-electron chi connectivity index (χ3n) is 2.48. The maximum Gasteiger partial charge on any atom is 0.0408 e. The Bertz CT molecular complexity index is 396. The molecule has 0 aliphatic carbocycles. The summed E-state index contributed by atoms with van der Waals surface area (Å²) in [6.07, 6.45) is 7.93. The van der Waals surface area contributed by atoms with Gasteiger partial charge in [-0.05, 0) is 38.1 Å². The lowest BCUT2D eigenvalue weighted by Gasteiger charge is -2.20. The molecule has 1 rings (SSSR count). The molecule has 84 valence electrons. The molecule has 1 heteroatoms. The highest BCUT2D eigenvalue weighted by Gasteiger charge is 2.02. The Labute approximate surface area is 98.4 Å². The topological polar surface area (TPSA) is 3.24 Å².